The highest BCUT2D eigenvalue weighted by molar-refractivity contribution is 7.89. The van der Waals surface area contributed by atoms with Crippen molar-refractivity contribution < 1.29 is 26.8 Å². The maximum absolute atomic E-state index is 13.1. The molecule has 1 fully saturated rings. The number of halogens is 1. The van der Waals surface area contributed by atoms with Gasteiger partial charge < -0.3 is 15.1 Å². The van der Waals surface area contributed by atoms with Crippen LogP contribution in [0.25, 0.3) is 0 Å². The number of furan rings is 1. The highest BCUT2D eigenvalue weighted by Crippen LogP contribution is 2.24. The zero-order chi connectivity index (χ0) is 20.9. The average molecular weight is 423 g/mol. The van der Waals surface area contributed by atoms with Crippen molar-refractivity contribution in [3.8, 4) is 0 Å². The summed E-state index contributed by atoms with van der Waals surface area (Å²) in [7, 11) is -3.79. The number of nitrogens with zero attached hydrogens (tertiary/aromatic N) is 1. The molecule has 3 rings (SSSR count). The molecule has 29 heavy (non-hydrogen) atoms. The number of amides is 2. The van der Waals surface area contributed by atoms with Gasteiger partial charge in [-0.1, -0.05) is 0 Å². The van der Waals surface area contributed by atoms with Gasteiger partial charge in [0.15, 0.2) is 5.76 Å². The molecule has 2 heterocycles. The summed E-state index contributed by atoms with van der Waals surface area (Å²) < 4.78 is 44.8. The second kappa shape index (κ2) is 9.19. The normalized spacial score (nSPS) is 17.6. The number of sulfonamides is 1. The SMILES string of the molecule is O=C(NCCNC(=O)C1CCCN(S(=O)(=O)c2ccc(F)cc2)C1)c1ccco1. The van der Waals surface area contributed by atoms with E-state index < -0.39 is 21.8 Å². The van der Waals surface area contributed by atoms with Crippen LogP contribution in [0.4, 0.5) is 4.39 Å². The summed E-state index contributed by atoms with van der Waals surface area (Å²) in [6, 6.07) is 7.76. The Labute approximate surface area is 168 Å². The van der Waals surface area contributed by atoms with Crippen LogP contribution in [0.3, 0.4) is 0 Å². The summed E-state index contributed by atoms with van der Waals surface area (Å²) in [5.41, 5.74) is 0. The van der Waals surface area contributed by atoms with E-state index in [2.05, 4.69) is 10.6 Å². The lowest BCUT2D eigenvalue weighted by Crippen LogP contribution is -2.46. The molecule has 2 N–H and O–H groups in total. The topological polar surface area (TPSA) is 109 Å². The Hall–Kier alpha value is -2.72. The molecule has 1 aromatic carbocycles. The highest BCUT2D eigenvalue weighted by atomic mass is 32.2. The molecule has 0 radical (unpaired) electrons. The summed E-state index contributed by atoms with van der Waals surface area (Å²) in [5.74, 6) is -1.46. The predicted molar refractivity (Wildman–Crippen MR) is 102 cm³/mol. The molecule has 0 aliphatic carbocycles. The van der Waals surface area contributed by atoms with E-state index in [1.807, 2.05) is 0 Å². The maximum atomic E-state index is 13.1. The van der Waals surface area contributed by atoms with Gasteiger partial charge in [-0.05, 0) is 49.2 Å². The van der Waals surface area contributed by atoms with Crippen LogP contribution in [0.1, 0.15) is 23.4 Å². The highest BCUT2D eigenvalue weighted by Gasteiger charge is 2.33. The zero-order valence-corrected chi connectivity index (χ0v) is 16.5. The first-order valence-electron chi connectivity index (χ1n) is 9.23. The Morgan fingerprint density at radius 3 is 2.55 bits per heavy atom. The summed E-state index contributed by atoms with van der Waals surface area (Å²) >= 11 is 0. The third kappa shape index (κ3) is 5.21. The van der Waals surface area contributed by atoms with Crippen molar-refractivity contribution in [3.05, 3.63) is 54.2 Å². The van der Waals surface area contributed by atoms with Crippen molar-refractivity contribution in [2.75, 3.05) is 26.2 Å². The molecule has 156 valence electrons. The van der Waals surface area contributed by atoms with Crippen molar-refractivity contribution in [1.29, 1.82) is 0 Å². The van der Waals surface area contributed by atoms with Crippen LogP contribution in [0.5, 0.6) is 0 Å². The first-order valence-corrected chi connectivity index (χ1v) is 10.7. The van der Waals surface area contributed by atoms with Gasteiger partial charge in [0, 0.05) is 26.2 Å². The smallest absolute Gasteiger partial charge is 0.287 e. The second-order valence-corrected chi connectivity index (χ2v) is 8.62. The molecule has 2 aromatic rings. The van der Waals surface area contributed by atoms with Gasteiger partial charge >= 0.3 is 0 Å². The fourth-order valence-corrected chi connectivity index (χ4v) is 4.66. The van der Waals surface area contributed by atoms with E-state index in [0.717, 1.165) is 12.1 Å². The van der Waals surface area contributed by atoms with Gasteiger partial charge in [-0.25, -0.2) is 12.8 Å². The molecule has 0 bridgehead atoms. The van der Waals surface area contributed by atoms with Crippen molar-refractivity contribution in [3.63, 3.8) is 0 Å². The van der Waals surface area contributed by atoms with Gasteiger partial charge in [-0.2, -0.15) is 4.31 Å². The van der Waals surface area contributed by atoms with E-state index in [-0.39, 0.29) is 42.1 Å². The van der Waals surface area contributed by atoms with Crippen molar-refractivity contribution >= 4 is 21.8 Å². The average Bonchev–Trinajstić information content (AvgIpc) is 3.26. The first kappa shape index (κ1) is 21.0. The van der Waals surface area contributed by atoms with Gasteiger partial charge in [0.1, 0.15) is 5.82 Å². The van der Waals surface area contributed by atoms with E-state index >= 15 is 0 Å². The fraction of sp³-hybridized carbons (Fsp3) is 0.368. The molecule has 8 nitrogen and oxygen atoms in total. The van der Waals surface area contributed by atoms with Gasteiger partial charge in [0.2, 0.25) is 15.9 Å². The molecule has 1 saturated heterocycles. The van der Waals surface area contributed by atoms with Crippen LogP contribution in [0.2, 0.25) is 0 Å². The largest absolute Gasteiger partial charge is 0.459 e. The molecule has 1 unspecified atom stereocenters. The lowest BCUT2D eigenvalue weighted by atomic mass is 9.99. The van der Waals surface area contributed by atoms with Crippen molar-refractivity contribution in [2.24, 2.45) is 5.92 Å². The fourth-order valence-electron chi connectivity index (χ4n) is 3.13. The lowest BCUT2D eigenvalue weighted by Gasteiger charge is -2.31. The second-order valence-electron chi connectivity index (χ2n) is 6.68. The van der Waals surface area contributed by atoms with Gasteiger partial charge in [0.25, 0.3) is 5.91 Å². The van der Waals surface area contributed by atoms with E-state index in [0.29, 0.717) is 19.4 Å². The predicted octanol–water partition coefficient (Wildman–Crippen LogP) is 1.37. The Morgan fingerprint density at radius 2 is 1.86 bits per heavy atom. The number of benzene rings is 1. The van der Waals surface area contributed by atoms with Crippen molar-refractivity contribution in [1.82, 2.24) is 14.9 Å². The van der Waals surface area contributed by atoms with E-state index in [9.17, 15) is 22.4 Å². The summed E-state index contributed by atoms with van der Waals surface area (Å²) in [4.78, 5) is 24.2. The summed E-state index contributed by atoms with van der Waals surface area (Å²) in [6.45, 7) is 0.801. The van der Waals surface area contributed by atoms with Gasteiger partial charge in [0.05, 0.1) is 17.1 Å². The Kier molecular flexibility index (Phi) is 6.65. The maximum Gasteiger partial charge on any atom is 0.287 e. The molecular weight excluding hydrogens is 401 g/mol. The minimum Gasteiger partial charge on any atom is -0.459 e. The molecular formula is C19H22FN3O5S. The third-order valence-corrected chi connectivity index (χ3v) is 6.54. The van der Waals surface area contributed by atoms with E-state index in [1.54, 1.807) is 6.07 Å². The minimum absolute atomic E-state index is 0.000553. The summed E-state index contributed by atoms with van der Waals surface area (Å²) in [5, 5.41) is 5.34. The molecule has 1 aliphatic heterocycles. The number of carbonyl (C=O) groups is 2. The Bertz CT molecular complexity index is 945. The van der Waals surface area contributed by atoms with Crippen molar-refractivity contribution in [2.45, 2.75) is 17.7 Å². The third-order valence-electron chi connectivity index (χ3n) is 4.66. The van der Waals surface area contributed by atoms with Gasteiger partial charge in [-0.15, -0.1) is 0 Å². The summed E-state index contributed by atoms with van der Waals surface area (Å²) in [6.07, 6.45) is 2.51. The number of nitrogens with one attached hydrogen (secondary N) is 2. The van der Waals surface area contributed by atoms with E-state index in [4.69, 9.17) is 4.42 Å². The van der Waals surface area contributed by atoms with Crippen LogP contribution in [0.15, 0.2) is 52.0 Å². The lowest BCUT2D eigenvalue weighted by molar-refractivity contribution is -0.126. The molecule has 1 aliphatic rings. The molecule has 0 saturated carbocycles. The van der Waals surface area contributed by atoms with Crippen LogP contribution in [0, 0.1) is 11.7 Å². The monoisotopic (exact) mass is 423 g/mol. The van der Waals surface area contributed by atoms with Gasteiger partial charge in [-0.3, -0.25) is 9.59 Å². The number of carbonyl (C=O) groups excluding carboxylic acids is 2. The van der Waals surface area contributed by atoms with Crippen LogP contribution < -0.4 is 10.6 Å². The zero-order valence-electron chi connectivity index (χ0n) is 15.6. The number of hydrogen-bond donors (Lipinski definition) is 2. The van der Waals surface area contributed by atoms with E-state index in [1.165, 1.54) is 28.8 Å². The Balaban J connectivity index is 1.50. The number of piperidine rings is 1. The van der Waals surface area contributed by atoms with Crippen LogP contribution in [-0.4, -0.2) is 50.7 Å². The number of rotatable bonds is 7. The molecule has 10 heteroatoms. The number of hydrogen-bond acceptors (Lipinski definition) is 5. The van der Waals surface area contributed by atoms with Crippen LogP contribution >= 0.6 is 0 Å². The molecule has 1 atom stereocenters. The standard InChI is InChI=1S/C19H22FN3O5S/c20-15-5-7-16(8-6-15)29(26,27)23-11-1-3-14(13-23)18(24)21-9-10-22-19(25)17-4-2-12-28-17/h2,4-8,12,14H,1,3,9-11,13H2,(H,21,24)(H,22,25). The first-order chi connectivity index (χ1) is 13.9. The Morgan fingerprint density at radius 1 is 1.14 bits per heavy atom. The molecule has 1 aromatic heterocycles. The molecule has 2 amide bonds. The minimum atomic E-state index is -3.79. The molecule has 0 spiro atoms. The quantitative estimate of drug-likeness (QED) is 0.654. The van der Waals surface area contributed by atoms with Crippen LogP contribution in [-0.2, 0) is 14.8 Å².